The van der Waals surface area contributed by atoms with Crippen molar-refractivity contribution in [3.8, 4) is 0 Å². The van der Waals surface area contributed by atoms with Crippen LogP contribution in [0.1, 0.15) is 44.3 Å². The summed E-state index contributed by atoms with van der Waals surface area (Å²) in [6.07, 6.45) is 4.23. The van der Waals surface area contributed by atoms with Crippen molar-refractivity contribution >= 4 is 11.3 Å². The van der Waals surface area contributed by atoms with Crippen LogP contribution in [0.4, 0.5) is 0 Å². The first kappa shape index (κ1) is 16.3. The molecule has 0 atom stereocenters. The van der Waals surface area contributed by atoms with E-state index in [1.165, 1.54) is 17.1 Å². The molecule has 1 rings (SSSR count). The molecule has 3 nitrogen and oxygen atoms in total. The lowest BCUT2D eigenvalue weighted by molar-refractivity contribution is 0.319. The molecule has 108 valence electrons. The van der Waals surface area contributed by atoms with Crippen LogP contribution < -0.4 is 5.32 Å². The van der Waals surface area contributed by atoms with Crippen molar-refractivity contribution in [3.63, 3.8) is 0 Å². The minimum absolute atomic E-state index is 0.146. The highest BCUT2D eigenvalue weighted by atomic mass is 32.1. The Morgan fingerprint density at radius 2 is 2.21 bits per heavy atom. The van der Waals surface area contributed by atoms with Crippen molar-refractivity contribution < 1.29 is 0 Å². The molecule has 0 amide bonds. The summed E-state index contributed by atoms with van der Waals surface area (Å²) in [5.74, 6) is 0. The van der Waals surface area contributed by atoms with E-state index in [0.29, 0.717) is 0 Å². The number of nitrogens with one attached hydrogen (secondary N) is 1. The van der Waals surface area contributed by atoms with E-state index in [4.69, 9.17) is 0 Å². The Morgan fingerprint density at radius 3 is 2.84 bits per heavy atom. The van der Waals surface area contributed by atoms with Gasteiger partial charge in [0.2, 0.25) is 0 Å². The van der Waals surface area contributed by atoms with Crippen LogP contribution in [0.3, 0.4) is 0 Å². The van der Waals surface area contributed by atoms with Gasteiger partial charge in [0.25, 0.3) is 0 Å². The van der Waals surface area contributed by atoms with Gasteiger partial charge in [0.05, 0.1) is 5.69 Å². The Kier molecular flexibility index (Phi) is 6.69. The zero-order valence-electron chi connectivity index (χ0n) is 12.7. The number of unbranched alkanes of at least 4 members (excludes halogenated alkanes) is 1. The summed E-state index contributed by atoms with van der Waals surface area (Å²) >= 11 is 1.74. The molecule has 0 aliphatic rings. The maximum atomic E-state index is 4.68. The molecule has 0 saturated heterocycles. The van der Waals surface area contributed by atoms with E-state index in [0.717, 1.165) is 26.1 Å². The molecule has 1 aromatic rings. The molecule has 0 spiro atoms. The maximum Gasteiger partial charge on any atom is 0.107 e. The molecule has 0 aromatic carbocycles. The van der Waals surface area contributed by atoms with E-state index in [2.05, 4.69) is 55.0 Å². The molecule has 4 heteroatoms. The fourth-order valence-electron chi connectivity index (χ4n) is 1.70. The predicted molar refractivity (Wildman–Crippen MR) is 84.5 cm³/mol. The lowest BCUT2D eigenvalue weighted by Gasteiger charge is -2.19. The molecular weight excluding hydrogens is 254 g/mol. The van der Waals surface area contributed by atoms with Crippen LogP contribution >= 0.6 is 11.3 Å². The van der Waals surface area contributed by atoms with Crippen molar-refractivity contribution in [1.29, 1.82) is 0 Å². The summed E-state index contributed by atoms with van der Waals surface area (Å²) in [4.78, 5) is 6.99. The number of aromatic nitrogens is 1. The van der Waals surface area contributed by atoms with Gasteiger partial charge in [-0.2, -0.15) is 0 Å². The first-order valence-electron chi connectivity index (χ1n) is 6.88. The third-order valence-corrected chi connectivity index (χ3v) is 3.65. The van der Waals surface area contributed by atoms with Gasteiger partial charge in [-0.1, -0.05) is 6.08 Å². The highest BCUT2D eigenvalue weighted by molar-refractivity contribution is 7.09. The van der Waals surface area contributed by atoms with E-state index >= 15 is 0 Å². The van der Waals surface area contributed by atoms with E-state index in [1.807, 2.05) is 6.08 Å². The predicted octanol–water partition coefficient (Wildman–Crippen LogP) is 3.43. The first-order valence-corrected chi connectivity index (χ1v) is 7.76. The van der Waals surface area contributed by atoms with E-state index < -0.39 is 0 Å². The monoisotopic (exact) mass is 281 g/mol. The second-order valence-corrected chi connectivity index (χ2v) is 6.95. The van der Waals surface area contributed by atoms with Gasteiger partial charge in [0.1, 0.15) is 5.01 Å². The van der Waals surface area contributed by atoms with Crippen LogP contribution in [-0.2, 0) is 13.1 Å². The minimum Gasteiger partial charge on any atom is -0.306 e. The second kappa shape index (κ2) is 7.78. The molecule has 1 N–H and O–H groups in total. The van der Waals surface area contributed by atoms with Crippen molar-refractivity contribution in [2.75, 3.05) is 13.6 Å². The summed E-state index contributed by atoms with van der Waals surface area (Å²) in [5.41, 5.74) is 1.32. The molecule has 0 aliphatic heterocycles. The van der Waals surface area contributed by atoms with E-state index in [-0.39, 0.29) is 5.54 Å². The van der Waals surface area contributed by atoms with Crippen LogP contribution in [0, 0.1) is 0 Å². The number of hydrogen-bond acceptors (Lipinski definition) is 4. The quantitative estimate of drug-likeness (QED) is 0.584. The largest absolute Gasteiger partial charge is 0.306 e. The lowest BCUT2D eigenvalue weighted by atomic mass is 10.1. The molecule has 0 bridgehead atoms. The Morgan fingerprint density at radius 1 is 1.47 bits per heavy atom. The number of thiazole rings is 1. The molecule has 0 saturated carbocycles. The Balaban J connectivity index is 2.35. The summed E-state index contributed by atoms with van der Waals surface area (Å²) < 4.78 is 0. The highest BCUT2D eigenvalue weighted by Crippen LogP contribution is 2.13. The van der Waals surface area contributed by atoms with Gasteiger partial charge in [-0.25, -0.2) is 4.98 Å². The Bertz CT molecular complexity index is 379. The zero-order chi connectivity index (χ0) is 14.3. The van der Waals surface area contributed by atoms with Gasteiger partial charge in [-0.15, -0.1) is 17.9 Å². The van der Waals surface area contributed by atoms with Gasteiger partial charge in [-0.05, 0) is 47.2 Å². The SMILES string of the molecule is C=CCCCN(C)Cc1csc(CNC(C)(C)C)n1. The van der Waals surface area contributed by atoms with Crippen molar-refractivity contribution in [2.24, 2.45) is 0 Å². The first-order chi connectivity index (χ1) is 8.90. The Hall–Kier alpha value is -0.710. The van der Waals surface area contributed by atoms with Crippen LogP contribution in [0.5, 0.6) is 0 Å². The highest BCUT2D eigenvalue weighted by Gasteiger charge is 2.10. The van der Waals surface area contributed by atoms with Crippen molar-refractivity contribution in [1.82, 2.24) is 15.2 Å². The van der Waals surface area contributed by atoms with Gasteiger partial charge in [-0.3, -0.25) is 0 Å². The van der Waals surface area contributed by atoms with Crippen molar-refractivity contribution in [2.45, 2.75) is 52.2 Å². The number of allylic oxidation sites excluding steroid dienone is 1. The second-order valence-electron chi connectivity index (χ2n) is 6.00. The summed E-state index contributed by atoms with van der Waals surface area (Å²) in [6.45, 7) is 13.2. The lowest BCUT2D eigenvalue weighted by Crippen LogP contribution is -2.35. The smallest absolute Gasteiger partial charge is 0.107 e. The van der Waals surface area contributed by atoms with Crippen molar-refractivity contribution in [3.05, 3.63) is 28.7 Å². The average Bonchev–Trinajstić information content (AvgIpc) is 2.73. The van der Waals surface area contributed by atoms with Gasteiger partial charge in [0, 0.05) is 24.0 Å². The number of rotatable bonds is 8. The van der Waals surface area contributed by atoms with Gasteiger partial charge >= 0.3 is 0 Å². The van der Waals surface area contributed by atoms with E-state index in [9.17, 15) is 0 Å². The number of hydrogen-bond donors (Lipinski definition) is 1. The third-order valence-electron chi connectivity index (χ3n) is 2.75. The molecular formula is C15H27N3S. The van der Waals surface area contributed by atoms with Crippen LogP contribution in [0.2, 0.25) is 0 Å². The summed E-state index contributed by atoms with van der Waals surface area (Å²) in [6, 6.07) is 0. The molecule has 0 fully saturated rings. The molecule has 0 radical (unpaired) electrons. The summed E-state index contributed by atoms with van der Waals surface area (Å²) in [7, 11) is 2.15. The standard InChI is InChI=1S/C15H27N3S/c1-6-7-8-9-18(5)11-13-12-19-14(17-13)10-16-15(2,3)4/h6,12,16H,1,7-11H2,2-5H3. The minimum atomic E-state index is 0.146. The fraction of sp³-hybridized carbons (Fsp3) is 0.667. The molecule has 0 aliphatic carbocycles. The average molecular weight is 281 g/mol. The summed E-state index contributed by atoms with van der Waals surface area (Å²) in [5, 5.41) is 6.81. The molecule has 1 aromatic heterocycles. The van der Waals surface area contributed by atoms with Gasteiger partial charge in [0.15, 0.2) is 0 Å². The molecule has 19 heavy (non-hydrogen) atoms. The maximum absolute atomic E-state index is 4.68. The normalized spacial score (nSPS) is 12.1. The van der Waals surface area contributed by atoms with E-state index in [1.54, 1.807) is 11.3 Å². The Labute approximate surface area is 121 Å². The van der Waals surface area contributed by atoms with Crippen LogP contribution in [0.25, 0.3) is 0 Å². The molecule has 1 heterocycles. The third kappa shape index (κ3) is 7.45. The number of nitrogens with zero attached hydrogens (tertiary/aromatic N) is 2. The van der Waals surface area contributed by atoms with Gasteiger partial charge < -0.3 is 10.2 Å². The van der Waals surface area contributed by atoms with Crippen LogP contribution in [0.15, 0.2) is 18.0 Å². The fourth-order valence-corrected chi connectivity index (χ4v) is 2.43. The van der Waals surface area contributed by atoms with Crippen LogP contribution in [-0.4, -0.2) is 29.0 Å². The molecule has 0 unspecified atom stereocenters. The zero-order valence-corrected chi connectivity index (χ0v) is 13.5. The topological polar surface area (TPSA) is 28.2 Å².